The minimum atomic E-state index is -0.0447. The van der Waals surface area contributed by atoms with Crippen molar-refractivity contribution in [3.8, 4) is 0 Å². The van der Waals surface area contributed by atoms with Gasteiger partial charge in [0, 0.05) is 38.9 Å². The van der Waals surface area contributed by atoms with E-state index in [1.54, 1.807) is 17.2 Å². The molecule has 25 heavy (non-hydrogen) atoms. The number of aromatic nitrogens is 1. The molecule has 1 atom stereocenters. The summed E-state index contributed by atoms with van der Waals surface area (Å²) in [5.74, 6) is 0.670. The average molecular weight is 369 g/mol. The van der Waals surface area contributed by atoms with Crippen LogP contribution in [0.3, 0.4) is 0 Å². The van der Waals surface area contributed by atoms with Crippen molar-refractivity contribution < 1.29 is 14.3 Å². The van der Waals surface area contributed by atoms with E-state index in [4.69, 9.17) is 21.1 Å². The molecule has 0 spiro atoms. The molecule has 0 N–H and O–H groups in total. The number of morpholine rings is 2. The Kier molecular flexibility index (Phi) is 6.11. The maximum Gasteiger partial charge on any atom is 0.255 e. The first-order chi connectivity index (χ1) is 12.0. The summed E-state index contributed by atoms with van der Waals surface area (Å²) in [6.07, 6.45) is 1.74. The number of hydrogen-bond acceptors (Lipinski definition) is 6. The van der Waals surface area contributed by atoms with Crippen molar-refractivity contribution in [3.63, 3.8) is 0 Å². The third-order valence-electron chi connectivity index (χ3n) is 4.37. The predicted octanol–water partition coefficient (Wildman–Crippen LogP) is 0.974. The normalized spacial score (nSPS) is 21.7. The zero-order chi connectivity index (χ0) is 17.8. The molecular weight excluding hydrogens is 344 g/mol. The third-order valence-corrected chi connectivity index (χ3v) is 4.65. The Balaban J connectivity index is 1.70. The van der Waals surface area contributed by atoms with Crippen LogP contribution in [0.5, 0.6) is 0 Å². The van der Waals surface area contributed by atoms with Crippen LogP contribution in [0.15, 0.2) is 12.3 Å². The number of hydrogen-bond donors (Lipinski definition) is 0. The Morgan fingerprint density at radius 1 is 1.32 bits per heavy atom. The van der Waals surface area contributed by atoms with Crippen molar-refractivity contribution in [2.24, 2.45) is 0 Å². The van der Waals surface area contributed by atoms with E-state index >= 15 is 0 Å². The number of pyridine rings is 1. The number of ether oxygens (including phenoxy) is 2. The Bertz CT molecular complexity index is 608. The number of rotatable bonds is 4. The third kappa shape index (κ3) is 4.61. The van der Waals surface area contributed by atoms with Gasteiger partial charge in [-0.2, -0.15) is 0 Å². The summed E-state index contributed by atoms with van der Waals surface area (Å²) < 4.78 is 11.1. The highest BCUT2D eigenvalue weighted by atomic mass is 35.5. The fraction of sp³-hybridized carbons (Fsp3) is 0.647. The zero-order valence-corrected chi connectivity index (χ0v) is 15.5. The standard InChI is InChI=1S/C17H25ClN4O3/c1-20(2)11-14-12-22(5-8-25-14)16-15(18)9-13(10-19-16)17(23)21-3-6-24-7-4-21/h9-10,14H,3-8,11-12H2,1-2H3. The Morgan fingerprint density at radius 2 is 2.08 bits per heavy atom. The van der Waals surface area contributed by atoms with Crippen LogP contribution in [0.2, 0.25) is 5.02 Å². The van der Waals surface area contributed by atoms with Gasteiger partial charge in [-0.1, -0.05) is 11.6 Å². The molecule has 2 aliphatic rings. The summed E-state index contributed by atoms with van der Waals surface area (Å²) in [6.45, 7) is 5.33. The molecule has 0 aliphatic carbocycles. The zero-order valence-electron chi connectivity index (χ0n) is 14.8. The predicted molar refractivity (Wildman–Crippen MR) is 96.5 cm³/mol. The molecule has 0 saturated carbocycles. The van der Waals surface area contributed by atoms with Gasteiger partial charge in [-0.25, -0.2) is 4.98 Å². The van der Waals surface area contributed by atoms with Crippen LogP contribution in [-0.2, 0) is 9.47 Å². The maximum atomic E-state index is 12.5. The van der Waals surface area contributed by atoms with E-state index in [1.165, 1.54) is 0 Å². The highest BCUT2D eigenvalue weighted by Gasteiger charge is 2.25. The lowest BCUT2D eigenvalue weighted by Gasteiger charge is -2.35. The molecule has 1 amide bonds. The second-order valence-corrected chi connectivity index (χ2v) is 7.04. The van der Waals surface area contributed by atoms with Crippen molar-refractivity contribution in [2.45, 2.75) is 6.10 Å². The van der Waals surface area contributed by atoms with Gasteiger partial charge in [-0.15, -0.1) is 0 Å². The van der Waals surface area contributed by atoms with Crippen LogP contribution < -0.4 is 4.90 Å². The molecule has 2 saturated heterocycles. The number of amides is 1. The Labute approximate surface area is 153 Å². The van der Waals surface area contributed by atoms with E-state index in [1.807, 2.05) is 14.1 Å². The molecule has 3 heterocycles. The van der Waals surface area contributed by atoms with Gasteiger partial charge in [0.2, 0.25) is 0 Å². The maximum absolute atomic E-state index is 12.5. The Morgan fingerprint density at radius 3 is 2.76 bits per heavy atom. The number of carbonyl (C=O) groups excluding carboxylic acids is 1. The number of likely N-dealkylation sites (N-methyl/N-ethyl adjacent to an activating group) is 1. The van der Waals surface area contributed by atoms with Crippen molar-refractivity contribution in [1.82, 2.24) is 14.8 Å². The molecule has 1 aromatic heterocycles. The Hall–Kier alpha value is -1.41. The molecular formula is C17H25ClN4O3. The van der Waals surface area contributed by atoms with Gasteiger partial charge < -0.3 is 24.2 Å². The van der Waals surface area contributed by atoms with E-state index in [0.29, 0.717) is 49.3 Å². The smallest absolute Gasteiger partial charge is 0.255 e. The second kappa shape index (κ2) is 8.31. The molecule has 0 bridgehead atoms. The number of anilines is 1. The molecule has 8 heteroatoms. The van der Waals surface area contributed by atoms with Gasteiger partial charge in [-0.05, 0) is 20.2 Å². The molecule has 0 radical (unpaired) electrons. The average Bonchev–Trinajstić information content (AvgIpc) is 2.61. The summed E-state index contributed by atoms with van der Waals surface area (Å²) in [6, 6.07) is 1.72. The van der Waals surface area contributed by atoms with Crippen LogP contribution in [0, 0.1) is 0 Å². The second-order valence-electron chi connectivity index (χ2n) is 6.64. The monoisotopic (exact) mass is 368 g/mol. The molecule has 7 nitrogen and oxygen atoms in total. The molecule has 0 aromatic carbocycles. The molecule has 2 fully saturated rings. The summed E-state index contributed by atoms with van der Waals surface area (Å²) in [4.78, 5) is 23.0. The number of halogens is 1. The van der Waals surface area contributed by atoms with E-state index in [2.05, 4.69) is 14.8 Å². The van der Waals surface area contributed by atoms with Gasteiger partial charge in [0.05, 0.1) is 36.5 Å². The fourth-order valence-corrected chi connectivity index (χ4v) is 3.44. The van der Waals surface area contributed by atoms with E-state index < -0.39 is 0 Å². The van der Waals surface area contributed by atoms with Gasteiger partial charge in [0.1, 0.15) is 5.82 Å². The van der Waals surface area contributed by atoms with Crippen LogP contribution >= 0.6 is 11.6 Å². The van der Waals surface area contributed by atoms with Crippen LogP contribution in [0.1, 0.15) is 10.4 Å². The lowest BCUT2D eigenvalue weighted by atomic mass is 10.2. The minimum Gasteiger partial charge on any atom is -0.378 e. The molecule has 3 rings (SSSR count). The molecule has 2 aliphatic heterocycles. The largest absolute Gasteiger partial charge is 0.378 e. The highest BCUT2D eigenvalue weighted by molar-refractivity contribution is 6.33. The fourth-order valence-electron chi connectivity index (χ4n) is 3.16. The number of nitrogens with zero attached hydrogens (tertiary/aromatic N) is 4. The van der Waals surface area contributed by atoms with Crippen LogP contribution in [0.25, 0.3) is 0 Å². The first-order valence-electron chi connectivity index (χ1n) is 8.58. The van der Waals surface area contributed by atoms with E-state index in [9.17, 15) is 4.79 Å². The molecule has 1 unspecified atom stereocenters. The SMILES string of the molecule is CN(C)CC1CN(c2ncc(C(=O)N3CCOCC3)cc2Cl)CCO1. The summed E-state index contributed by atoms with van der Waals surface area (Å²) in [5, 5.41) is 0.504. The molecule has 138 valence electrons. The molecule has 1 aromatic rings. The topological polar surface area (TPSA) is 58.1 Å². The highest BCUT2D eigenvalue weighted by Crippen LogP contribution is 2.26. The van der Waals surface area contributed by atoms with Gasteiger partial charge in [0.25, 0.3) is 5.91 Å². The van der Waals surface area contributed by atoms with Crippen LogP contribution in [-0.4, -0.2) is 93.4 Å². The van der Waals surface area contributed by atoms with Gasteiger partial charge in [0.15, 0.2) is 0 Å². The van der Waals surface area contributed by atoms with Gasteiger partial charge in [-0.3, -0.25) is 4.79 Å². The lowest BCUT2D eigenvalue weighted by Crippen LogP contribution is -2.47. The first kappa shape index (κ1) is 18.4. The van der Waals surface area contributed by atoms with E-state index in [-0.39, 0.29) is 12.0 Å². The quantitative estimate of drug-likeness (QED) is 0.789. The van der Waals surface area contributed by atoms with Crippen molar-refractivity contribution in [1.29, 1.82) is 0 Å². The minimum absolute atomic E-state index is 0.0447. The van der Waals surface area contributed by atoms with Crippen molar-refractivity contribution in [2.75, 3.05) is 71.5 Å². The van der Waals surface area contributed by atoms with E-state index in [0.717, 1.165) is 19.6 Å². The van der Waals surface area contributed by atoms with Crippen molar-refractivity contribution in [3.05, 3.63) is 22.8 Å². The summed E-state index contributed by atoms with van der Waals surface area (Å²) in [5.41, 5.74) is 0.522. The lowest BCUT2D eigenvalue weighted by molar-refractivity contribution is 0.0245. The summed E-state index contributed by atoms with van der Waals surface area (Å²) in [7, 11) is 4.05. The van der Waals surface area contributed by atoms with Gasteiger partial charge >= 0.3 is 0 Å². The number of carbonyl (C=O) groups is 1. The van der Waals surface area contributed by atoms with Crippen molar-refractivity contribution >= 4 is 23.3 Å². The first-order valence-corrected chi connectivity index (χ1v) is 8.96. The summed E-state index contributed by atoms with van der Waals surface area (Å²) >= 11 is 6.45. The van der Waals surface area contributed by atoms with Crippen LogP contribution in [0.4, 0.5) is 5.82 Å².